The van der Waals surface area contributed by atoms with Gasteiger partial charge in [-0.1, -0.05) is 18.2 Å². The van der Waals surface area contributed by atoms with E-state index in [2.05, 4.69) is 28.7 Å². The van der Waals surface area contributed by atoms with Gasteiger partial charge in [-0.25, -0.2) is 4.68 Å². The Morgan fingerprint density at radius 1 is 1.38 bits per heavy atom. The quantitative estimate of drug-likeness (QED) is 0.591. The second-order valence-electron chi connectivity index (χ2n) is 6.11. The number of nitrogens with zero attached hydrogens (tertiary/aromatic N) is 4. The van der Waals surface area contributed by atoms with Crippen LogP contribution in [0, 0.1) is 11.7 Å². The van der Waals surface area contributed by atoms with Crippen molar-refractivity contribution in [1.29, 1.82) is 0 Å². The molecule has 3 rings (SSSR count). The van der Waals surface area contributed by atoms with E-state index < -0.39 is 0 Å². The number of ether oxygens (including phenoxy) is 1. The standard InChI is InChI=1S/C18H24N4OS/c1-4-11-21-14(2)19-22(18(21)24)13-20-12-5-6-17(20)15-7-9-16(23-3)10-8-15/h4,7-10,17H,1,5-6,11-13H2,2-3H3/t17-/m0/s1. The first-order valence-electron chi connectivity index (χ1n) is 8.27. The van der Waals surface area contributed by atoms with Crippen LogP contribution in [0.2, 0.25) is 0 Å². The fraction of sp³-hybridized carbons (Fsp3) is 0.444. The second-order valence-corrected chi connectivity index (χ2v) is 6.48. The van der Waals surface area contributed by atoms with Crippen molar-refractivity contribution in [3.8, 4) is 5.75 Å². The van der Waals surface area contributed by atoms with E-state index in [0.717, 1.165) is 36.0 Å². The van der Waals surface area contributed by atoms with Gasteiger partial charge in [0.2, 0.25) is 0 Å². The van der Waals surface area contributed by atoms with Gasteiger partial charge in [0.25, 0.3) is 0 Å². The van der Waals surface area contributed by atoms with Crippen molar-refractivity contribution in [2.75, 3.05) is 13.7 Å². The van der Waals surface area contributed by atoms with Crippen molar-refractivity contribution in [3.63, 3.8) is 0 Å². The van der Waals surface area contributed by atoms with E-state index in [0.29, 0.717) is 12.6 Å². The molecule has 1 aromatic carbocycles. The lowest BCUT2D eigenvalue weighted by Gasteiger charge is -2.24. The molecule has 2 heterocycles. The lowest BCUT2D eigenvalue weighted by atomic mass is 10.0. The molecule has 128 valence electrons. The predicted octanol–water partition coefficient (Wildman–Crippen LogP) is 3.71. The fourth-order valence-electron chi connectivity index (χ4n) is 3.35. The maximum absolute atomic E-state index is 5.57. The lowest BCUT2D eigenvalue weighted by molar-refractivity contribution is 0.189. The van der Waals surface area contributed by atoms with Gasteiger partial charge in [0.05, 0.1) is 13.8 Å². The molecule has 0 N–H and O–H groups in total. The molecule has 0 bridgehead atoms. The van der Waals surface area contributed by atoms with Gasteiger partial charge in [0, 0.05) is 19.1 Å². The first kappa shape index (κ1) is 16.9. The van der Waals surface area contributed by atoms with Crippen molar-refractivity contribution in [2.24, 2.45) is 0 Å². The Kier molecular flexibility index (Phi) is 5.16. The average Bonchev–Trinajstić information content (AvgIpc) is 3.16. The number of aryl methyl sites for hydroxylation is 1. The SMILES string of the molecule is C=CCn1c(C)nn(CN2CCC[C@H]2c2ccc(OC)cc2)c1=S. The van der Waals surface area contributed by atoms with E-state index >= 15 is 0 Å². The summed E-state index contributed by atoms with van der Waals surface area (Å²) in [5.41, 5.74) is 1.32. The Labute approximate surface area is 148 Å². The zero-order chi connectivity index (χ0) is 17.1. The largest absolute Gasteiger partial charge is 0.497 e. The Hall–Kier alpha value is -1.92. The van der Waals surface area contributed by atoms with E-state index in [1.165, 1.54) is 12.0 Å². The highest BCUT2D eigenvalue weighted by atomic mass is 32.1. The van der Waals surface area contributed by atoms with Crippen molar-refractivity contribution in [1.82, 2.24) is 19.2 Å². The van der Waals surface area contributed by atoms with Gasteiger partial charge < -0.3 is 9.30 Å². The fourth-order valence-corrected chi connectivity index (χ4v) is 3.66. The number of hydrogen-bond donors (Lipinski definition) is 0. The number of benzene rings is 1. The molecule has 24 heavy (non-hydrogen) atoms. The summed E-state index contributed by atoms with van der Waals surface area (Å²) in [7, 11) is 1.69. The van der Waals surface area contributed by atoms with Crippen molar-refractivity contribution in [2.45, 2.75) is 39.0 Å². The smallest absolute Gasteiger partial charge is 0.199 e. The van der Waals surface area contributed by atoms with Crippen LogP contribution in [0.4, 0.5) is 0 Å². The first-order chi connectivity index (χ1) is 11.6. The van der Waals surface area contributed by atoms with Crippen LogP contribution in [0.25, 0.3) is 0 Å². The number of hydrogen-bond acceptors (Lipinski definition) is 4. The molecule has 1 atom stereocenters. The molecule has 2 aromatic rings. The maximum Gasteiger partial charge on any atom is 0.199 e. The third kappa shape index (κ3) is 3.30. The molecule has 1 aliphatic rings. The number of likely N-dealkylation sites (tertiary alicyclic amines) is 1. The molecule has 0 unspecified atom stereocenters. The third-order valence-corrected chi connectivity index (χ3v) is 5.03. The van der Waals surface area contributed by atoms with E-state index in [1.54, 1.807) is 7.11 Å². The summed E-state index contributed by atoms with van der Waals surface area (Å²) in [4.78, 5) is 2.45. The van der Waals surface area contributed by atoms with Gasteiger partial charge in [-0.05, 0) is 49.7 Å². The van der Waals surface area contributed by atoms with Crippen LogP contribution in [0.15, 0.2) is 36.9 Å². The first-order valence-corrected chi connectivity index (χ1v) is 8.68. The Bertz CT molecular complexity index is 762. The summed E-state index contributed by atoms with van der Waals surface area (Å²) in [5.74, 6) is 1.82. The molecule has 1 aliphatic heterocycles. The second kappa shape index (κ2) is 7.32. The monoisotopic (exact) mass is 344 g/mol. The molecule has 5 nitrogen and oxygen atoms in total. The minimum absolute atomic E-state index is 0.405. The van der Waals surface area contributed by atoms with Gasteiger partial charge in [-0.15, -0.1) is 6.58 Å². The van der Waals surface area contributed by atoms with Crippen LogP contribution in [-0.4, -0.2) is 32.9 Å². The Morgan fingerprint density at radius 3 is 2.79 bits per heavy atom. The van der Waals surface area contributed by atoms with Crippen LogP contribution >= 0.6 is 12.2 Å². The van der Waals surface area contributed by atoms with Crippen molar-refractivity contribution in [3.05, 3.63) is 53.1 Å². The molecule has 1 aromatic heterocycles. The van der Waals surface area contributed by atoms with Crippen LogP contribution in [0.5, 0.6) is 5.75 Å². The molecule has 0 spiro atoms. The minimum atomic E-state index is 0.405. The van der Waals surface area contributed by atoms with Gasteiger partial charge >= 0.3 is 0 Å². The van der Waals surface area contributed by atoms with Gasteiger partial charge in [0.15, 0.2) is 4.77 Å². The number of aromatic nitrogens is 3. The molecule has 6 heteroatoms. The zero-order valence-electron chi connectivity index (χ0n) is 14.3. The van der Waals surface area contributed by atoms with E-state index in [9.17, 15) is 0 Å². The number of methoxy groups -OCH3 is 1. The maximum atomic E-state index is 5.57. The zero-order valence-corrected chi connectivity index (χ0v) is 15.1. The van der Waals surface area contributed by atoms with Crippen LogP contribution < -0.4 is 4.74 Å². The van der Waals surface area contributed by atoms with Crippen LogP contribution in [0.1, 0.15) is 30.3 Å². The topological polar surface area (TPSA) is 35.2 Å². The highest BCUT2D eigenvalue weighted by Crippen LogP contribution is 2.33. The molecule has 1 fully saturated rings. The van der Waals surface area contributed by atoms with E-state index in [4.69, 9.17) is 17.0 Å². The predicted molar refractivity (Wildman–Crippen MR) is 97.7 cm³/mol. The summed E-state index contributed by atoms with van der Waals surface area (Å²) < 4.78 is 9.96. The van der Waals surface area contributed by atoms with E-state index in [-0.39, 0.29) is 0 Å². The minimum Gasteiger partial charge on any atom is -0.497 e. The lowest BCUT2D eigenvalue weighted by Crippen LogP contribution is -2.27. The molecule has 0 radical (unpaired) electrons. The van der Waals surface area contributed by atoms with Gasteiger partial charge in [-0.3, -0.25) is 4.90 Å². The number of rotatable bonds is 6. The third-order valence-electron chi connectivity index (χ3n) is 4.60. The van der Waals surface area contributed by atoms with Crippen LogP contribution in [0.3, 0.4) is 0 Å². The normalized spacial score (nSPS) is 18.0. The van der Waals surface area contributed by atoms with Crippen molar-refractivity contribution >= 4 is 12.2 Å². The van der Waals surface area contributed by atoms with E-state index in [1.807, 2.05) is 34.4 Å². The molecule has 0 amide bonds. The van der Waals surface area contributed by atoms with Crippen LogP contribution in [-0.2, 0) is 13.2 Å². The summed E-state index contributed by atoms with van der Waals surface area (Å²) in [6.45, 7) is 8.26. The highest BCUT2D eigenvalue weighted by Gasteiger charge is 2.26. The summed E-state index contributed by atoms with van der Waals surface area (Å²) in [5, 5.41) is 4.61. The average molecular weight is 344 g/mol. The summed E-state index contributed by atoms with van der Waals surface area (Å²) in [6.07, 6.45) is 4.20. The Balaban J connectivity index is 1.80. The van der Waals surface area contributed by atoms with Gasteiger partial charge in [-0.2, -0.15) is 5.10 Å². The molecular formula is C18H24N4OS. The highest BCUT2D eigenvalue weighted by molar-refractivity contribution is 7.71. The molecule has 0 aliphatic carbocycles. The molecule has 0 saturated carbocycles. The summed E-state index contributed by atoms with van der Waals surface area (Å²) >= 11 is 5.57. The molecule has 1 saturated heterocycles. The van der Waals surface area contributed by atoms with Gasteiger partial charge in [0.1, 0.15) is 11.6 Å². The summed E-state index contributed by atoms with van der Waals surface area (Å²) in [6, 6.07) is 8.77. The Morgan fingerprint density at radius 2 is 2.12 bits per heavy atom. The van der Waals surface area contributed by atoms with Crippen molar-refractivity contribution < 1.29 is 4.74 Å². The molecular weight excluding hydrogens is 320 g/mol. The number of allylic oxidation sites excluding steroid dienone is 1.